The first-order valence-corrected chi connectivity index (χ1v) is 7.44. The summed E-state index contributed by atoms with van der Waals surface area (Å²) in [7, 11) is 0. The number of fused-ring (bicyclic) bond motifs is 1. The van der Waals surface area contributed by atoms with Gasteiger partial charge in [-0.15, -0.1) is 0 Å². The molecule has 6 nitrogen and oxygen atoms in total. The zero-order chi connectivity index (χ0) is 17.3. The molecule has 0 spiro atoms. The molecule has 1 heterocycles. The highest BCUT2D eigenvalue weighted by Crippen LogP contribution is 2.47. The van der Waals surface area contributed by atoms with Crippen molar-refractivity contribution in [2.75, 3.05) is 0 Å². The molecule has 2 aromatic rings. The molecule has 0 aromatic heterocycles. The number of ether oxygens (including phenoxy) is 1. The summed E-state index contributed by atoms with van der Waals surface area (Å²) in [6.45, 7) is 0. The summed E-state index contributed by atoms with van der Waals surface area (Å²) >= 11 is 6.02. The monoisotopic (exact) mass is 347 g/mol. The van der Waals surface area contributed by atoms with Gasteiger partial charge >= 0.3 is 0 Å². The normalized spacial score (nSPS) is 19.0. The number of hydroxylamine groups is 1. The van der Waals surface area contributed by atoms with E-state index in [0.717, 1.165) is 0 Å². The topological polar surface area (TPSA) is 99.0 Å². The van der Waals surface area contributed by atoms with E-state index in [1.165, 1.54) is 29.9 Å². The Bertz CT molecular complexity index is 818. The average Bonchev–Trinajstić information content (AvgIpc) is 2.57. The zero-order valence-electron chi connectivity index (χ0n) is 12.4. The highest BCUT2D eigenvalue weighted by Gasteiger charge is 2.42. The molecule has 0 bridgehead atoms. The summed E-state index contributed by atoms with van der Waals surface area (Å²) in [5, 5.41) is 29.9. The van der Waals surface area contributed by atoms with Gasteiger partial charge in [0.1, 0.15) is 17.1 Å². The van der Waals surface area contributed by atoms with Crippen LogP contribution in [0.3, 0.4) is 0 Å². The highest BCUT2D eigenvalue weighted by atomic mass is 35.5. The molecule has 1 atom stereocenters. The van der Waals surface area contributed by atoms with Crippen LogP contribution in [-0.2, 0) is 10.4 Å². The molecule has 0 radical (unpaired) electrons. The third-order valence-corrected chi connectivity index (χ3v) is 4.09. The van der Waals surface area contributed by atoms with Gasteiger partial charge in [0, 0.05) is 16.2 Å². The predicted octanol–water partition coefficient (Wildman–Crippen LogP) is 2.56. The van der Waals surface area contributed by atoms with Crippen LogP contribution < -0.4 is 10.2 Å². The van der Waals surface area contributed by atoms with Crippen molar-refractivity contribution in [2.24, 2.45) is 0 Å². The third-order valence-electron chi connectivity index (χ3n) is 3.86. The van der Waals surface area contributed by atoms with Gasteiger partial charge in [-0.3, -0.25) is 10.0 Å². The number of phenols is 1. The molecular weight excluding hydrogens is 334 g/mol. The van der Waals surface area contributed by atoms with E-state index in [-0.39, 0.29) is 5.75 Å². The number of aromatic hydroxyl groups is 1. The van der Waals surface area contributed by atoms with Gasteiger partial charge in [-0.05, 0) is 35.9 Å². The van der Waals surface area contributed by atoms with E-state index in [2.05, 4.69) is 0 Å². The Morgan fingerprint density at radius 3 is 2.58 bits per heavy atom. The van der Waals surface area contributed by atoms with Gasteiger partial charge in [-0.1, -0.05) is 23.7 Å². The number of hydrogen-bond donors (Lipinski definition) is 4. The Morgan fingerprint density at radius 1 is 1.21 bits per heavy atom. The minimum absolute atomic E-state index is 0.0659. The van der Waals surface area contributed by atoms with Crippen molar-refractivity contribution in [3.63, 3.8) is 0 Å². The lowest BCUT2D eigenvalue weighted by Crippen LogP contribution is -2.37. The molecule has 0 fully saturated rings. The van der Waals surface area contributed by atoms with Crippen molar-refractivity contribution < 1.29 is 25.0 Å². The lowest BCUT2D eigenvalue weighted by Gasteiger charge is -2.35. The number of hydrogen-bond acceptors (Lipinski definition) is 5. The largest absolute Gasteiger partial charge is 0.508 e. The van der Waals surface area contributed by atoms with Crippen LogP contribution in [-0.4, -0.2) is 21.3 Å². The van der Waals surface area contributed by atoms with Crippen LogP contribution in [0.2, 0.25) is 5.02 Å². The van der Waals surface area contributed by atoms with Crippen LogP contribution in [0, 0.1) is 0 Å². The lowest BCUT2D eigenvalue weighted by atomic mass is 9.78. The molecule has 24 heavy (non-hydrogen) atoms. The molecule has 4 N–H and O–H groups in total. The van der Waals surface area contributed by atoms with Crippen LogP contribution in [0.25, 0.3) is 5.57 Å². The third kappa shape index (κ3) is 2.82. The SMILES string of the molecule is O=C(CC1(O)C(c2ccc(O)cc2)=COc2ccc(Cl)cc21)NO. The molecule has 1 amide bonds. The van der Waals surface area contributed by atoms with Gasteiger partial charge in [0.2, 0.25) is 5.91 Å². The molecule has 1 aliphatic heterocycles. The lowest BCUT2D eigenvalue weighted by molar-refractivity contribution is -0.132. The van der Waals surface area contributed by atoms with E-state index in [1.807, 2.05) is 0 Å². The summed E-state index contributed by atoms with van der Waals surface area (Å²) in [6.07, 6.45) is 0.903. The molecule has 0 saturated carbocycles. The first kappa shape index (κ1) is 16.3. The molecule has 124 valence electrons. The first-order chi connectivity index (χ1) is 11.4. The van der Waals surface area contributed by atoms with Crippen molar-refractivity contribution >= 4 is 23.1 Å². The van der Waals surface area contributed by atoms with Gasteiger partial charge in [-0.2, -0.15) is 0 Å². The van der Waals surface area contributed by atoms with E-state index in [0.29, 0.717) is 27.5 Å². The number of benzene rings is 2. The fraction of sp³-hybridized carbons (Fsp3) is 0.118. The maximum Gasteiger partial charge on any atom is 0.246 e. The van der Waals surface area contributed by atoms with Gasteiger partial charge in [0.25, 0.3) is 0 Å². The minimum Gasteiger partial charge on any atom is -0.508 e. The summed E-state index contributed by atoms with van der Waals surface area (Å²) in [5.74, 6) is -0.346. The Balaban J connectivity index is 2.15. The second kappa shape index (κ2) is 6.16. The van der Waals surface area contributed by atoms with Crippen LogP contribution in [0.5, 0.6) is 11.5 Å². The standard InChI is InChI=1S/C17H14ClNO5/c18-11-3-6-15-13(7-11)17(22,8-16(21)19-23)14(9-24-15)10-1-4-12(20)5-2-10/h1-7,9,20,22-23H,8H2,(H,19,21). The number of rotatable bonds is 3. The Kier molecular flexibility index (Phi) is 4.19. The minimum atomic E-state index is -1.76. The Labute approximate surface area is 142 Å². The maximum absolute atomic E-state index is 11.7. The zero-order valence-corrected chi connectivity index (χ0v) is 13.1. The Morgan fingerprint density at radius 2 is 1.92 bits per heavy atom. The highest BCUT2D eigenvalue weighted by molar-refractivity contribution is 6.30. The summed E-state index contributed by atoms with van der Waals surface area (Å²) in [6, 6.07) is 10.8. The number of carbonyl (C=O) groups excluding carboxylic acids is 1. The molecule has 3 rings (SSSR count). The molecule has 1 aliphatic rings. The van der Waals surface area contributed by atoms with Crippen molar-refractivity contribution in [3.8, 4) is 11.5 Å². The molecule has 2 aromatic carbocycles. The summed E-state index contributed by atoms with van der Waals surface area (Å²) in [4.78, 5) is 11.7. The van der Waals surface area contributed by atoms with Crippen LogP contribution in [0.15, 0.2) is 48.7 Å². The van der Waals surface area contributed by atoms with Crippen molar-refractivity contribution in [1.82, 2.24) is 5.48 Å². The number of aliphatic hydroxyl groups is 1. The molecular formula is C17H14ClNO5. The van der Waals surface area contributed by atoms with Gasteiger partial charge in [0.15, 0.2) is 0 Å². The van der Waals surface area contributed by atoms with Crippen LogP contribution in [0.4, 0.5) is 0 Å². The van der Waals surface area contributed by atoms with E-state index in [4.69, 9.17) is 21.5 Å². The molecule has 0 aliphatic carbocycles. The predicted molar refractivity (Wildman–Crippen MR) is 86.6 cm³/mol. The van der Waals surface area contributed by atoms with E-state index < -0.39 is 17.9 Å². The number of carbonyl (C=O) groups is 1. The van der Waals surface area contributed by atoms with Crippen LogP contribution in [0.1, 0.15) is 17.5 Å². The molecule has 0 saturated heterocycles. The van der Waals surface area contributed by atoms with Gasteiger partial charge < -0.3 is 14.9 Å². The second-order valence-corrected chi connectivity index (χ2v) is 5.85. The molecule has 1 unspecified atom stereocenters. The van der Waals surface area contributed by atoms with E-state index in [1.54, 1.807) is 24.3 Å². The van der Waals surface area contributed by atoms with Crippen molar-refractivity contribution in [3.05, 3.63) is 64.9 Å². The van der Waals surface area contributed by atoms with Crippen LogP contribution >= 0.6 is 11.6 Å². The Hall–Kier alpha value is -2.54. The number of amides is 1. The van der Waals surface area contributed by atoms with Crippen molar-refractivity contribution in [1.29, 1.82) is 0 Å². The molecule has 7 heteroatoms. The summed E-state index contributed by atoms with van der Waals surface area (Å²) in [5.41, 5.74) is 0.926. The summed E-state index contributed by atoms with van der Waals surface area (Å²) < 4.78 is 5.55. The van der Waals surface area contributed by atoms with E-state index >= 15 is 0 Å². The first-order valence-electron chi connectivity index (χ1n) is 7.06. The number of halogens is 1. The smallest absolute Gasteiger partial charge is 0.246 e. The van der Waals surface area contributed by atoms with Gasteiger partial charge in [0.05, 0.1) is 12.7 Å². The fourth-order valence-corrected chi connectivity index (χ4v) is 2.88. The average molecular weight is 348 g/mol. The second-order valence-electron chi connectivity index (χ2n) is 5.41. The number of nitrogens with one attached hydrogen (secondary N) is 1. The maximum atomic E-state index is 11.7. The van der Waals surface area contributed by atoms with Crippen molar-refractivity contribution in [2.45, 2.75) is 12.0 Å². The number of phenolic OH excluding ortho intramolecular Hbond substituents is 1. The van der Waals surface area contributed by atoms with Gasteiger partial charge in [-0.25, -0.2) is 5.48 Å². The fourth-order valence-electron chi connectivity index (χ4n) is 2.70. The quantitative estimate of drug-likeness (QED) is 0.505. The van der Waals surface area contributed by atoms with E-state index in [9.17, 15) is 15.0 Å².